The second kappa shape index (κ2) is 9.04. The molecule has 0 bridgehead atoms. The zero-order chi connectivity index (χ0) is 14.2. The van der Waals surface area contributed by atoms with Crippen LogP contribution in [0.2, 0.25) is 0 Å². The van der Waals surface area contributed by atoms with Crippen molar-refractivity contribution < 1.29 is 9.47 Å². The second-order valence-corrected chi connectivity index (χ2v) is 7.03. The van der Waals surface area contributed by atoms with Crippen molar-refractivity contribution >= 4 is 0 Å². The smallest absolute Gasteiger partial charge is 0.0496 e. The van der Waals surface area contributed by atoms with Crippen molar-refractivity contribution in [1.29, 1.82) is 0 Å². The van der Waals surface area contributed by atoms with E-state index >= 15 is 0 Å². The van der Waals surface area contributed by atoms with Crippen LogP contribution in [-0.4, -0.2) is 27.4 Å². The molecule has 2 unspecified atom stereocenters. The largest absolute Gasteiger partial charge is 0.384 e. The molecule has 0 aromatic heterocycles. The van der Waals surface area contributed by atoms with Gasteiger partial charge in [0, 0.05) is 27.4 Å². The average Bonchev–Trinajstić information content (AvgIpc) is 2.52. The van der Waals surface area contributed by atoms with Gasteiger partial charge in [0.15, 0.2) is 0 Å². The van der Waals surface area contributed by atoms with Crippen LogP contribution in [-0.2, 0) is 9.47 Å². The van der Waals surface area contributed by atoms with Crippen molar-refractivity contribution in [3.05, 3.63) is 0 Å². The van der Waals surface area contributed by atoms with Crippen molar-refractivity contribution in [3.8, 4) is 0 Å². The lowest BCUT2D eigenvalue weighted by molar-refractivity contribution is -0.00391. The standard InChI is InChI=1S/C18H34O2/c1-19-13-17(15-9-5-3-6-10-15)18(14-20-2)16-11-7-4-8-12-16/h15-18H,3-14H2,1-2H3. The molecular formula is C18H34O2. The first kappa shape index (κ1) is 16.3. The third-order valence-corrected chi connectivity index (χ3v) is 5.78. The number of ether oxygens (including phenoxy) is 2. The number of hydrogen-bond acceptors (Lipinski definition) is 2. The Bertz CT molecular complexity index is 216. The Balaban J connectivity index is 2.03. The molecule has 0 heterocycles. The lowest BCUT2D eigenvalue weighted by Gasteiger charge is -2.40. The van der Waals surface area contributed by atoms with E-state index in [1.165, 1.54) is 64.2 Å². The van der Waals surface area contributed by atoms with Crippen molar-refractivity contribution in [2.45, 2.75) is 64.2 Å². The number of methoxy groups -OCH3 is 2. The summed E-state index contributed by atoms with van der Waals surface area (Å²) in [5.41, 5.74) is 0. The molecule has 20 heavy (non-hydrogen) atoms. The molecule has 0 amide bonds. The van der Waals surface area contributed by atoms with E-state index in [0.29, 0.717) is 0 Å². The SMILES string of the molecule is COCC(C1CCCCC1)C(COC)C1CCCCC1. The fraction of sp³-hybridized carbons (Fsp3) is 1.00. The van der Waals surface area contributed by atoms with E-state index in [-0.39, 0.29) is 0 Å². The average molecular weight is 282 g/mol. The molecule has 2 atom stereocenters. The molecule has 0 aliphatic heterocycles. The third-order valence-electron chi connectivity index (χ3n) is 5.78. The summed E-state index contributed by atoms with van der Waals surface area (Å²) in [4.78, 5) is 0. The Labute approximate surface area is 125 Å². The van der Waals surface area contributed by atoms with Crippen LogP contribution in [0.25, 0.3) is 0 Å². The first-order valence-electron chi connectivity index (χ1n) is 8.84. The predicted molar refractivity (Wildman–Crippen MR) is 83.9 cm³/mol. The molecular weight excluding hydrogens is 248 g/mol. The van der Waals surface area contributed by atoms with Gasteiger partial charge in [-0.15, -0.1) is 0 Å². The molecule has 2 nitrogen and oxygen atoms in total. The summed E-state index contributed by atoms with van der Waals surface area (Å²) in [6, 6.07) is 0. The van der Waals surface area contributed by atoms with Crippen LogP contribution in [0.15, 0.2) is 0 Å². The topological polar surface area (TPSA) is 18.5 Å². The van der Waals surface area contributed by atoms with Crippen LogP contribution in [0.1, 0.15) is 64.2 Å². The summed E-state index contributed by atoms with van der Waals surface area (Å²) < 4.78 is 11.2. The first-order valence-corrected chi connectivity index (χ1v) is 8.84. The maximum absolute atomic E-state index is 5.62. The van der Waals surface area contributed by atoms with E-state index in [0.717, 1.165) is 36.9 Å². The zero-order valence-corrected chi connectivity index (χ0v) is 13.6. The van der Waals surface area contributed by atoms with Gasteiger partial charge in [0.2, 0.25) is 0 Å². The summed E-state index contributed by atoms with van der Waals surface area (Å²) in [6.45, 7) is 1.88. The monoisotopic (exact) mass is 282 g/mol. The Morgan fingerprint density at radius 3 is 1.30 bits per heavy atom. The number of hydrogen-bond donors (Lipinski definition) is 0. The molecule has 0 N–H and O–H groups in total. The highest BCUT2D eigenvalue weighted by Gasteiger charge is 2.35. The number of rotatable bonds is 7. The van der Waals surface area contributed by atoms with Gasteiger partial charge >= 0.3 is 0 Å². The van der Waals surface area contributed by atoms with E-state index in [1.54, 1.807) is 0 Å². The second-order valence-electron chi connectivity index (χ2n) is 7.03. The molecule has 2 saturated carbocycles. The van der Waals surface area contributed by atoms with Crippen molar-refractivity contribution in [2.75, 3.05) is 27.4 Å². The summed E-state index contributed by atoms with van der Waals surface area (Å²) in [6.07, 6.45) is 14.3. The van der Waals surface area contributed by atoms with Crippen molar-refractivity contribution in [2.24, 2.45) is 23.7 Å². The van der Waals surface area contributed by atoms with Gasteiger partial charge in [0.1, 0.15) is 0 Å². The fourth-order valence-electron chi connectivity index (χ4n) is 4.73. The fourth-order valence-corrected chi connectivity index (χ4v) is 4.73. The summed E-state index contributed by atoms with van der Waals surface area (Å²) in [5.74, 6) is 3.21. The minimum absolute atomic E-state index is 0.725. The Morgan fingerprint density at radius 2 is 1.00 bits per heavy atom. The highest BCUT2D eigenvalue weighted by Crippen LogP contribution is 2.41. The molecule has 2 rings (SSSR count). The molecule has 0 aromatic rings. The van der Waals surface area contributed by atoms with E-state index in [9.17, 15) is 0 Å². The van der Waals surface area contributed by atoms with Crippen molar-refractivity contribution in [3.63, 3.8) is 0 Å². The van der Waals surface area contributed by atoms with Gasteiger partial charge in [-0.25, -0.2) is 0 Å². The summed E-state index contributed by atoms with van der Waals surface area (Å²) in [5, 5.41) is 0. The molecule has 2 aliphatic rings. The molecule has 0 spiro atoms. The van der Waals surface area contributed by atoms with Gasteiger partial charge < -0.3 is 9.47 Å². The molecule has 0 saturated heterocycles. The van der Waals surface area contributed by atoms with E-state index in [4.69, 9.17) is 9.47 Å². The quantitative estimate of drug-likeness (QED) is 0.675. The third kappa shape index (κ3) is 4.46. The molecule has 2 heteroatoms. The van der Waals surface area contributed by atoms with Gasteiger partial charge in [-0.05, 0) is 23.7 Å². The molecule has 0 aromatic carbocycles. The first-order chi connectivity index (χ1) is 9.86. The summed E-state index contributed by atoms with van der Waals surface area (Å²) >= 11 is 0. The van der Waals surface area contributed by atoms with Crippen LogP contribution in [0.5, 0.6) is 0 Å². The van der Waals surface area contributed by atoms with Crippen LogP contribution < -0.4 is 0 Å². The van der Waals surface area contributed by atoms with Crippen LogP contribution in [0.4, 0.5) is 0 Å². The maximum Gasteiger partial charge on any atom is 0.0496 e. The highest BCUT2D eigenvalue weighted by atomic mass is 16.5. The Kier molecular flexibility index (Phi) is 7.37. The minimum Gasteiger partial charge on any atom is -0.384 e. The zero-order valence-electron chi connectivity index (χ0n) is 13.6. The van der Waals surface area contributed by atoms with Gasteiger partial charge in [-0.2, -0.15) is 0 Å². The Hall–Kier alpha value is -0.0800. The van der Waals surface area contributed by atoms with E-state index < -0.39 is 0 Å². The molecule has 0 radical (unpaired) electrons. The highest BCUT2D eigenvalue weighted by molar-refractivity contribution is 4.85. The molecule has 2 fully saturated rings. The van der Waals surface area contributed by atoms with Gasteiger partial charge in [-0.3, -0.25) is 0 Å². The Morgan fingerprint density at radius 1 is 0.650 bits per heavy atom. The van der Waals surface area contributed by atoms with E-state index in [1.807, 2.05) is 14.2 Å². The lowest BCUT2D eigenvalue weighted by atomic mass is 9.67. The van der Waals surface area contributed by atoms with Crippen LogP contribution in [0, 0.1) is 23.7 Å². The molecule has 2 aliphatic carbocycles. The summed E-state index contributed by atoms with van der Waals surface area (Å²) in [7, 11) is 3.75. The normalized spacial score (nSPS) is 25.5. The van der Waals surface area contributed by atoms with Gasteiger partial charge in [-0.1, -0.05) is 64.2 Å². The van der Waals surface area contributed by atoms with Gasteiger partial charge in [0.25, 0.3) is 0 Å². The minimum atomic E-state index is 0.725. The van der Waals surface area contributed by atoms with Crippen molar-refractivity contribution in [1.82, 2.24) is 0 Å². The van der Waals surface area contributed by atoms with E-state index in [2.05, 4.69) is 0 Å². The van der Waals surface area contributed by atoms with Crippen LogP contribution >= 0.6 is 0 Å². The maximum atomic E-state index is 5.62. The predicted octanol–water partition coefficient (Wildman–Crippen LogP) is 4.67. The van der Waals surface area contributed by atoms with Crippen LogP contribution in [0.3, 0.4) is 0 Å². The van der Waals surface area contributed by atoms with Gasteiger partial charge in [0.05, 0.1) is 0 Å². The lowest BCUT2D eigenvalue weighted by Crippen LogP contribution is -2.37. The molecule has 118 valence electrons.